The Labute approximate surface area is 154 Å². The highest BCUT2D eigenvalue weighted by atomic mass is 19.1. The quantitative estimate of drug-likeness (QED) is 0.385. The summed E-state index contributed by atoms with van der Waals surface area (Å²) in [5.74, 6) is 0.643. The monoisotopic (exact) mass is 366 g/mol. The number of anilines is 1. The standard InChI is InChI=1S/C19H15FN4O3/c20-16-6-3-4-14(10-16)13-27-18-7-2-1-5-15(18)11-22-23-19-9-8-17(12-21-19)24(25)26/h1-12H,13H2,(H,21,23)/b22-11+. The summed E-state index contributed by atoms with van der Waals surface area (Å²) < 4.78 is 19.0. The summed E-state index contributed by atoms with van der Waals surface area (Å²) in [6.45, 7) is 0.222. The summed E-state index contributed by atoms with van der Waals surface area (Å²) in [6, 6.07) is 16.2. The van der Waals surface area contributed by atoms with Crippen LogP contribution in [0.15, 0.2) is 72.0 Å². The van der Waals surface area contributed by atoms with Crippen LogP contribution in [-0.4, -0.2) is 16.1 Å². The first-order chi connectivity index (χ1) is 13.1. The second-order valence-electron chi connectivity index (χ2n) is 5.49. The highest BCUT2D eigenvalue weighted by molar-refractivity contribution is 5.83. The molecule has 27 heavy (non-hydrogen) atoms. The van der Waals surface area contributed by atoms with Gasteiger partial charge in [-0.05, 0) is 35.9 Å². The highest BCUT2D eigenvalue weighted by Crippen LogP contribution is 2.18. The van der Waals surface area contributed by atoms with Gasteiger partial charge in [0.1, 0.15) is 30.2 Å². The third-order valence-electron chi connectivity index (χ3n) is 3.54. The minimum atomic E-state index is -0.522. The van der Waals surface area contributed by atoms with Crippen molar-refractivity contribution < 1.29 is 14.1 Å². The zero-order valence-electron chi connectivity index (χ0n) is 14.1. The van der Waals surface area contributed by atoms with Gasteiger partial charge in [-0.25, -0.2) is 9.37 Å². The zero-order chi connectivity index (χ0) is 19.1. The number of nitrogens with one attached hydrogen (secondary N) is 1. The van der Waals surface area contributed by atoms with Crippen LogP contribution in [-0.2, 0) is 6.61 Å². The molecule has 136 valence electrons. The van der Waals surface area contributed by atoms with Crippen molar-refractivity contribution in [3.05, 3.63) is 93.9 Å². The van der Waals surface area contributed by atoms with Crippen molar-refractivity contribution in [2.45, 2.75) is 6.61 Å². The molecule has 0 aliphatic rings. The molecule has 7 nitrogen and oxygen atoms in total. The van der Waals surface area contributed by atoms with E-state index in [0.717, 1.165) is 11.8 Å². The molecule has 0 amide bonds. The van der Waals surface area contributed by atoms with Crippen LogP contribution in [0, 0.1) is 15.9 Å². The molecule has 2 aromatic carbocycles. The normalized spacial score (nSPS) is 10.7. The van der Waals surface area contributed by atoms with Crippen LogP contribution in [0.2, 0.25) is 0 Å². The molecule has 0 aliphatic heterocycles. The van der Waals surface area contributed by atoms with Gasteiger partial charge in [-0.1, -0.05) is 24.3 Å². The number of nitrogens with zero attached hydrogens (tertiary/aromatic N) is 3. The molecule has 1 heterocycles. The van der Waals surface area contributed by atoms with Crippen molar-refractivity contribution in [1.29, 1.82) is 0 Å². The molecule has 0 fully saturated rings. The molecule has 0 atom stereocenters. The van der Waals surface area contributed by atoms with Crippen molar-refractivity contribution >= 4 is 17.7 Å². The molecule has 0 radical (unpaired) electrons. The smallest absolute Gasteiger partial charge is 0.287 e. The average molecular weight is 366 g/mol. The fourth-order valence-electron chi connectivity index (χ4n) is 2.23. The maximum Gasteiger partial charge on any atom is 0.287 e. The lowest BCUT2D eigenvalue weighted by Crippen LogP contribution is -2.00. The van der Waals surface area contributed by atoms with Gasteiger partial charge in [0.05, 0.1) is 11.1 Å². The van der Waals surface area contributed by atoms with Crippen LogP contribution in [0.3, 0.4) is 0 Å². The Morgan fingerprint density at radius 3 is 2.78 bits per heavy atom. The van der Waals surface area contributed by atoms with Crippen molar-refractivity contribution in [2.75, 3.05) is 5.43 Å². The SMILES string of the molecule is O=[N+]([O-])c1ccc(N/N=C/c2ccccc2OCc2cccc(F)c2)nc1. The number of rotatable bonds is 7. The predicted octanol–water partition coefficient (Wildman–Crippen LogP) is 4.15. The van der Waals surface area contributed by atoms with Gasteiger partial charge in [-0.15, -0.1) is 0 Å². The molecule has 1 N–H and O–H groups in total. The molecule has 3 aromatic rings. The molecule has 0 aliphatic carbocycles. The number of para-hydroxylation sites is 1. The molecule has 3 rings (SSSR count). The second-order valence-corrected chi connectivity index (χ2v) is 5.49. The van der Waals surface area contributed by atoms with Crippen molar-refractivity contribution in [2.24, 2.45) is 5.10 Å². The third-order valence-corrected chi connectivity index (χ3v) is 3.54. The minimum absolute atomic E-state index is 0.0966. The van der Waals surface area contributed by atoms with Gasteiger partial charge >= 0.3 is 0 Å². The van der Waals surface area contributed by atoms with Gasteiger partial charge in [-0.3, -0.25) is 15.5 Å². The maximum atomic E-state index is 13.2. The Balaban J connectivity index is 1.64. The van der Waals surface area contributed by atoms with E-state index in [9.17, 15) is 14.5 Å². The van der Waals surface area contributed by atoms with Gasteiger partial charge in [-0.2, -0.15) is 5.10 Å². The Bertz CT molecular complexity index is 961. The maximum absolute atomic E-state index is 13.2. The van der Waals surface area contributed by atoms with Crippen molar-refractivity contribution in [1.82, 2.24) is 4.98 Å². The zero-order valence-corrected chi connectivity index (χ0v) is 14.1. The first-order valence-corrected chi connectivity index (χ1v) is 7.97. The lowest BCUT2D eigenvalue weighted by atomic mass is 10.2. The van der Waals surface area contributed by atoms with Crippen LogP contribution < -0.4 is 10.2 Å². The van der Waals surface area contributed by atoms with Crippen LogP contribution in [0.5, 0.6) is 5.75 Å². The molecule has 1 aromatic heterocycles. The number of hydrazone groups is 1. The minimum Gasteiger partial charge on any atom is -0.488 e. The highest BCUT2D eigenvalue weighted by Gasteiger charge is 2.05. The van der Waals surface area contributed by atoms with E-state index in [-0.39, 0.29) is 18.1 Å². The fraction of sp³-hybridized carbons (Fsp3) is 0.0526. The second kappa shape index (κ2) is 8.52. The predicted molar refractivity (Wildman–Crippen MR) is 99.3 cm³/mol. The van der Waals surface area contributed by atoms with Crippen LogP contribution in [0.25, 0.3) is 0 Å². The van der Waals surface area contributed by atoms with E-state index in [0.29, 0.717) is 17.1 Å². The van der Waals surface area contributed by atoms with E-state index in [1.807, 2.05) is 18.2 Å². The topological polar surface area (TPSA) is 89.7 Å². The van der Waals surface area contributed by atoms with Crippen molar-refractivity contribution in [3.63, 3.8) is 0 Å². The van der Waals surface area contributed by atoms with E-state index in [2.05, 4.69) is 15.5 Å². The van der Waals surface area contributed by atoms with E-state index in [1.54, 1.807) is 24.4 Å². The first-order valence-electron chi connectivity index (χ1n) is 7.97. The van der Waals surface area contributed by atoms with E-state index >= 15 is 0 Å². The summed E-state index contributed by atoms with van der Waals surface area (Å²) in [5.41, 5.74) is 4.03. The summed E-state index contributed by atoms with van der Waals surface area (Å²) in [4.78, 5) is 14.0. The van der Waals surface area contributed by atoms with E-state index in [4.69, 9.17) is 4.74 Å². The summed E-state index contributed by atoms with van der Waals surface area (Å²) in [6.07, 6.45) is 2.69. The first kappa shape index (κ1) is 18.0. The average Bonchev–Trinajstić information content (AvgIpc) is 2.68. The summed E-state index contributed by atoms with van der Waals surface area (Å²) >= 11 is 0. The molecule has 0 saturated carbocycles. The van der Waals surface area contributed by atoms with Crippen LogP contribution in [0.1, 0.15) is 11.1 Å². The lowest BCUT2D eigenvalue weighted by molar-refractivity contribution is -0.385. The largest absolute Gasteiger partial charge is 0.488 e. The van der Waals surface area contributed by atoms with E-state index in [1.165, 1.54) is 24.3 Å². The van der Waals surface area contributed by atoms with E-state index < -0.39 is 4.92 Å². The third kappa shape index (κ3) is 5.08. The van der Waals surface area contributed by atoms with Crippen molar-refractivity contribution in [3.8, 4) is 5.75 Å². The fourth-order valence-corrected chi connectivity index (χ4v) is 2.23. The molecular weight excluding hydrogens is 351 g/mol. The lowest BCUT2D eigenvalue weighted by Gasteiger charge is -2.09. The Hall–Kier alpha value is -3.81. The van der Waals surface area contributed by atoms with Gasteiger partial charge in [0.2, 0.25) is 0 Å². The summed E-state index contributed by atoms with van der Waals surface area (Å²) in [5, 5.41) is 14.7. The van der Waals surface area contributed by atoms with Gasteiger partial charge in [0.25, 0.3) is 5.69 Å². The molecule has 0 saturated heterocycles. The Morgan fingerprint density at radius 1 is 1.19 bits per heavy atom. The molecule has 8 heteroatoms. The van der Waals surface area contributed by atoms with Gasteiger partial charge < -0.3 is 4.74 Å². The Kier molecular flexibility index (Phi) is 5.68. The Morgan fingerprint density at radius 2 is 2.04 bits per heavy atom. The van der Waals surface area contributed by atoms with Crippen LogP contribution >= 0.6 is 0 Å². The molecule has 0 spiro atoms. The number of nitro groups is 1. The van der Waals surface area contributed by atoms with Crippen LogP contribution in [0.4, 0.5) is 15.9 Å². The molecule has 0 unspecified atom stereocenters. The number of pyridine rings is 1. The van der Waals surface area contributed by atoms with Gasteiger partial charge in [0.15, 0.2) is 0 Å². The number of benzene rings is 2. The molecule has 0 bridgehead atoms. The van der Waals surface area contributed by atoms with Gasteiger partial charge in [0, 0.05) is 11.6 Å². The summed E-state index contributed by atoms with van der Waals surface area (Å²) in [7, 11) is 0. The molecular formula is C19H15FN4O3. The number of hydrogen-bond acceptors (Lipinski definition) is 6. The number of hydrogen-bond donors (Lipinski definition) is 1. The number of halogens is 1. The number of ether oxygens (including phenoxy) is 1. The number of aromatic nitrogens is 1.